The van der Waals surface area contributed by atoms with E-state index in [4.69, 9.17) is 11.6 Å². The lowest BCUT2D eigenvalue weighted by molar-refractivity contribution is 0.239. The van der Waals surface area contributed by atoms with Crippen molar-refractivity contribution in [3.8, 4) is 0 Å². The van der Waals surface area contributed by atoms with Gasteiger partial charge in [-0.2, -0.15) is 0 Å². The second-order valence-corrected chi connectivity index (χ2v) is 4.26. The smallest absolute Gasteiger partial charge is 0.0637 e. The van der Waals surface area contributed by atoms with E-state index in [1.54, 1.807) is 6.20 Å². The molecular weight excluding hydrogens is 196 g/mol. The molecule has 1 fully saturated rings. The van der Waals surface area contributed by atoms with E-state index in [1.165, 1.54) is 24.8 Å². The van der Waals surface area contributed by atoms with Crippen LogP contribution in [0.1, 0.15) is 30.9 Å². The van der Waals surface area contributed by atoms with E-state index < -0.39 is 0 Å². The van der Waals surface area contributed by atoms with Gasteiger partial charge < -0.3 is 5.32 Å². The van der Waals surface area contributed by atoms with Crippen molar-refractivity contribution in [1.82, 2.24) is 10.3 Å². The highest BCUT2D eigenvalue weighted by Gasteiger charge is 2.28. The quantitative estimate of drug-likeness (QED) is 0.830. The van der Waals surface area contributed by atoms with Crippen molar-refractivity contribution in [3.63, 3.8) is 0 Å². The molecule has 1 aliphatic carbocycles. The van der Waals surface area contributed by atoms with E-state index in [1.807, 2.05) is 19.3 Å². The van der Waals surface area contributed by atoms with Crippen LogP contribution in [-0.4, -0.2) is 12.0 Å². The lowest BCUT2D eigenvalue weighted by atomic mass is 9.77. The van der Waals surface area contributed by atoms with Gasteiger partial charge in [0.2, 0.25) is 0 Å². The molecule has 14 heavy (non-hydrogen) atoms. The maximum absolute atomic E-state index is 6.12. The zero-order chi connectivity index (χ0) is 9.97. The number of nitrogens with one attached hydrogen (secondary N) is 1. The fraction of sp³-hybridized carbons (Fsp3) is 0.545. The molecule has 1 heterocycles. The molecule has 0 radical (unpaired) electrons. The van der Waals surface area contributed by atoms with Gasteiger partial charge in [-0.1, -0.05) is 18.0 Å². The van der Waals surface area contributed by atoms with Crippen LogP contribution in [-0.2, 0) is 0 Å². The van der Waals surface area contributed by atoms with Crippen molar-refractivity contribution < 1.29 is 0 Å². The summed E-state index contributed by atoms with van der Waals surface area (Å²) in [6.45, 7) is 0. The highest BCUT2D eigenvalue weighted by molar-refractivity contribution is 6.31. The highest BCUT2D eigenvalue weighted by atomic mass is 35.5. The Labute approximate surface area is 89.7 Å². The molecule has 0 spiro atoms. The first-order valence-corrected chi connectivity index (χ1v) is 5.47. The molecule has 0 amide bonds. The Morgan fingerprint density at radius 3 is 2.86 bits per heavy atom. The topological polar surface area (TPSA) is 24.9 Å². The lowest BCUT2D eigenvalue weighted by Gasteiger charge is -2.34. The zero-order valence-electron chi connectivity index (χ0n) is 8.33. The molecule has 3 heteroatoms. The molecule has 1 saturated carbocycles. The molecule has 1 N–H and O–H groups in total. The molecule has 0 aromatic carbocycles. The van der Waals surface area contributed by atoms with E-state index in [0.29, 0.717) is 6.04 Å². The summed E-state index contributed by atoms with van der Waals surface area (Å²) >= 11 is 6.12. The monoisotopic (exact) mass is 210 g/mol. The van der Waals surface area contributed by atoms with Gasteiger partial charge in [-0.05, 0) is 37.4 Å². The summed E-state index contributed by atoms with van der Waals surface area (Å²) in [7, 11) is 2.00. The molecule has 1 unspecified atom stereocenters. The van der Waals surface area contributed by atoms with Gasteiger partial charge in [-0.25, -0.2) is 0 Å². The van der Waals surface area contributed by atoms with E-state index in [-0.39, 0.29) is 0 Å². The van der Waals surface area contributed by atoms with Gasteiger partial charge in [0.05, 0.1) is 5.02 Å². The molecule has 0 aliphatic heterocycles. The number of aromatic nitrogens is 1. The van der Waals surface area contributed by atoms with Crippen LogP contribution in [0.3, 0.4) is 0 Å². The average molecular weight is 211 g/mol. The first-order chi connectivity index (χ1) is 6.83. The summed E-state index contributed by atoms with van der Waals surface area (Å²) in [5.74, 6) is 0.750. The maximum atomic E-state index is 6.12. The molecular formula is C11H15ClN2. The third-order valence-corrected chi connectivity index (χ3v) is 3.39. The van der Waals surface area contributed by atoms with Crippen molar-refractivity contribution in [1.29, 1.82) is 0 Å². The van der Waals surface area contributed by atoms with E-state index in [0.717, 1.165) is 10.9 Å². The Morgan fingerprint density at radius 1 is 1.57 bits per heavy atom. The van der Waals surface area contributed by atoms with Crippen molar-refractivity contribution in [2.45, 2.75) is 25.3 Å². The van der Waals surface area contributed by atoms with E-state index in [2.05, 4.69) is 10.3 Å². The number of pyridine rings is 1. The van der Waals surface area contributed by atoms with Crippen LogP contribution in [0.5, 0.6) is 0 Å². The van der Waals surface area contributed by atoms with Gasteiger partial charge in [-0.3, -0.25) is 4.98 Å². The lowest BCUT2D eigenvalue weighted by Crippen LogP contribution is -2.29. The van der Waals surface area contributed by atoms with Crippen LogP contribution in [0.25, 0.3) is 0 Å². The van der Waals surface area contributed by atoms with Gasteiger partial charge in [0.25, 0.3) is 0 Å². The van der Waals surface area contributed by atoms with Gasteiger partial charge >= 0.3 is 0 Å². The molecule has 0 saturated heterocycles. The summed E-state index contributed by atoms with van der Waals surface area (Å²) in [5, 5.41) is 4.13. The zero-order valence-corrected chi connectivity index (χ0v) is 9.09. The van der Waals surface area contributed by atoms with Crippen molar-refractivity contribution in [2.75, 3.05) is 7.05 Å². The van der Waals surface area contributed by atoms with Crippen molar-refractivity contribution in [2.24, 2.45) is 5.92 Å². The van der Waals surface area contributed by atoms with Gasteiger partial charge in [0.15, 0.2) is 0 Å². The van der Waals surface area contributed by atoms with Crippen LogP contribution in [0, 0.1) is 5.92 Å². The van der Waals surface area contributed by atoms with Gasteiger partial charge in [0, 0.05) is 18.4 Å². The Kier molecular flexibility index (Phi) is 3.04. The predicted molar refractivity (Wildman–Crippen MR) is 58.4 cm³/mol. The molecule has 0 bridgehead atoms. The third-order valence-electron chi connectivity index (χ3n) is 3.07. The third kappa shape index (κ3) is 1.77. The molecule has 76 valence electrons. The average Bonchev–Trinajstić information content (AvgIpc) is 2.12. The fourth-order valence-corrected chi connectivity index (χ4v) is 2.29. The van der Waals surface area contributed by atoms with Gasteiger partial charge in [-0.15, -0.1) is 0 Å². The Balaban J connectivity index is 2.22. The van der Waals surface area contributed by atoms with Gasteiger partial charge in [0.1, 0.15) is 0 Å². The number of hydrogen-bond acceptors (Lipinski definition) is 2. The van der Waals surface area contributed by atoms with E-state index >= 15 is 0 Å². The van der Waals surface area contributed by atoms with Crippen LogP contribution >= 0.6 is 11.6 Å². The number of hydrogen-bond donors (Lipinski definition) is 1. The molecule has 2 rings (SSSR count). The second kappa shape index (κ2) is 4.28. The van der Waals surface area contributed by atoms with Crippen molar-refractivity contribution >= 4 is 11.6 Å². The minimum atomic E-state index is 0.402. The largest absolute Gasteiger partial charge is 0.313 e. The normalized spacial score (nSPS) is 19.0. The molecule has 1 aliphatic rings. The van der Waals surface area contributed by atoms with Crippen LogP contribution in [0.4, 0.5) is 0 Å². The molecule has 2 nitrogen and oxygen atoms in total. The van der Waals surface area contributed by atoms with Crippen molar-refractivity contribution in [3.05, 3.63) is 29.0 Å². The summed E-state index contributed by atoms with van der Waals surface area (Å²) < 4.78 is 0. The summed E-state index contributed by atoms with van der Waals surface area (Å²) in [6.07, 6.45) is 7.50. The number of halogens is 1. The summed E-state index contributed by atoms with van der Waals surface area (Å²) in [4.78, 5) is 4.01. The fourth-order valence-electron chi connectivity index (χ4n) is 2.06. The van der Waals surface area contributed by atoms with E-state index in [9.17, 15) is 0 Å². The minimum Gasteiger partial charge on any atom is -0.313 e. The number of nitrogens with zero attached hydrogens (tertiary/aromatic N) is 1. The Hall–Kier alpha value is -0.600. The summed E-state index contributed by atoms with van der Waals surface area (Å²) in [6, 6.07) is 2.42. The first-order valence-electron chi connectivity index (χ1n) is 5.09. The van der Waals surface area contributed by atoms with Crippen LogP contribution in [0.2, 0.25) is 5.02 Å². The Bertz CT molecular complexity index is 310. The first kappa shape index (κ1) is 9.94. The summed E-state index contributed by atoms with van der Waals surface area (Å²) in [5.41, 5.74) is 1.19. The van der Waals surface area contributed by atoms with Crippen LogP contribution in [0.15, 0.2) is 18.5 Å². The second-order valence-electron chi connectivity index (χ2n) is 3.85. The molecule has 1 aromatic rings. The highest BCUT2D eigenvalue weighted by Crippen LogP contribution is 2.39. The SMILES string of the molecule is CNC(c1ccncc1Cl)C1CCC1. The van der Waals surface area contributed by atoms with Crippen LogP contribution < -0.4 is 5.32 Å². The molecule has 1 atom stereocenters. The molecule has 1 aromatic heterocycles. The Morgan fingerprint density at radius 2 is 2.36 bits per heavy atom. The standard InChI is InChI=1S/C11H15ClN2/c1-13-11(8-3-2-4-8)9-5-6-14-7-10(9)12/h5-8,11,13H,2-4H2,1H3. The number of rotatable bonds is 3. The predicted octanol–water partition coefficient (Wildman–Crippen LogP) is 2.80. The maximum Gasteiger partial charge on any atom is 0.0637 e. The minimum absolute atomic E-state index is 0.402.